The molecule has 0 aliphatic heterocycles. The van der Waals surface area contributed by atoms with Crippen molar-refractivity contribution in [3.8, 4) is 17.2 Å². The van der Waals surface area contributed by atoms with Crippen molar-refractivity contribution in [3.05, 3.63) is 102 Å². The van der Waals surface area contributed by atoms with Crippen LogP contribution in [0.4, 0.5) is 0 Å². The number of ether oxygens (including phenoxy) is 3. The molecule has 0 aliphatic rings. The molecule has 0 saturated heterocycles. The van der Waals surface area contributed by atoms with Crippen molar-refractivity contribution in [3.63, 3.8) is 0 Å². The SMILES string of the molecule is C=CCOc1ccc(C(=O)N/N=C\c2ccc(OC(=O)c3ccccc3)c(OCC)c2)cc1. The molecule has 7 heteroatoms. The molecule has 0 atom stereocenters. The molecule has 0 aromatic heterocycles. The van der Waals surface area contributed by atoms with Gasteiger partial charge in [0.25, 0.3) is 5.91 Å². The van der Waals surface area contributed by atoms with Crippen LogP contribution in [0.5, 0.6) is 17.2 Å². The summed E-state index contributed by atoms with van der Waals surface area (Å²) in [4.78, 5) is 24.6. The molecule has 0 aliphatic carbocycles. The zero-order valence-electron chi connectivity index (χ0n) is 18.2. The average molecular weight is 444 g/mol. The van der Waals surface area contributed by atoms with E-state index in [-0.39, 0.29) is 5.91 Å². The highest BCUT2D eigenvalue weighted by atomic mass is 16.6. The molecule has 3 aromatic carbocycles. The minimum Gasteiger partial charge on any atom is -0.490 e. The van der Waals surface area contributed by atoms with Gasteiger partial charge in [0.05, 0.1) is 18.4 Å². The van der Waals surface area contributed by atoms with E-state index in [9.17, 15) is 9.59 Å². The topological polar surface area (TPSA) is 86.2 Å². The van der Waals surface area contributed by atoms with Crippen molar-refractivity contribution in [1.29, 1.82) is 0 Å². The summed E-state index contributed by atoms with van der Waals surface area (Å²) in [5, 5.41) is 4.00. The molecule has 1 N–H and O–H groups in total. The zero-order chi connectivity index (χ0) is 23.5. The molecule has 0 saturated carbocycles. The lowest BCUT2D eigenvalue weighted by molar-refractivity contribution is 0.0728. The van der Waals surface area contributed by atoms with Crippen molar-refractivity contribution in [2.24, 2.45) is 5.10 Å². The van der Waals surface area contributed by atoms with Gasteiger partial charge in [-0.1, -0.05) is 30.9 Å². The first kappa shape index (κ1) is 23.3. The van der Waals surface area contributed by atoms with Gasteiger partial charge >= 0.3 is 5.97 Å². The van der Waals surface area contributed by atoms with Gasteiger partial charge in [-0.2, -0.15) is 5.10 Å². The summed E-state index contributed by atoms with van der Waals surface area (Å²) in [6.45, 7) is 6.20. The molecule has 0 unspecified atom stereocenters. The summed E-state index contributed by atoms with van der Waals surface area (Å²) in [6, 6.07) is 20.4. The van der Waals surface area contributed by atoms with Crippen LogP contribution in [-0.2, 0) is 0 Å². The maximum Gasteiger partial charge on any atom is 0.343 e. The van der Waals surface area contributed by atoms with Crippen LogP contribution >= 0.6 is 0 Å². The van der Waals surface area contributed by atoms with E-state index in [4.69, 9.17) is 14.2 Å². The monoisotopic (exact) mass is 444 g/mol. The second-order valence-electron chi connectivity index (χ2n) is 6.72. The Hall–Kier alpha value is -4.39. The predicted molar refractivity (Wildman–Crippen MR) is 126 cm³/mol. The molecular formula is C26H24N2O5. The second-order valence-corrected chi connectivity index (χ2v) is 6.72. The fourth-order valence-electron chi connectivity index (χ4n) is 2.78. The van der Waals surface area contributed by atoms with Crippen LogP contribution in [0.3, 0.4) is 0 Å². The van der Waals surface area contributed by atoms with Gasteiger partial charge in [-0.05, 0) is 67.1 Å². The van der Waals surface area contributed by atoms with Crippen molar-refractivity contribution in [2.45, 2.75) is 6.92 Å². The molecule has 33 heavy (non-hydrogen) atoms. The molecule has 0 radical (unpaired) electrons. The lowest BCUT2D eigenvalue weighted by atomic mass is 10.2. The Balaban J connectivity index is 1.64. The van der Waals surface area contributed by atoms with Crippen LogP contribution in [0.2, 0.25) is 0 Å². The van der Waals surface area contributed by atoms with Crippen LogP contribution in [0.15, 0.2) is 90.6 Å². The van der Waals surface area contributed by atoms with E-state index in [1.807, 2.05) is 13.0 Å². The molecule has 0 heterocycles. The summed E-state index contributed by atoms with van der Waals surface area (Å²) >= 11 is 0. The lowest BCUT2D eigenvalue weighted by Gasteiger charge is -2.11. The molecule has 3 rings (SSSR count). The first-order valence-electron chi connectivity index (χ1n) is 10.3. The normalized spacial score (nSPS) is 10.5. The van der Waals surface area contributed by atoms with Crippen LogP contribution in [0, 0.1) is 0 Å². The van der Waals surface area contributed by atoms with Gasteiger partial charge < -0.3 is 14.2 Å². The number of esters is 1. The molecule has 0 spiro atoms. The van der Waals surface area contributed by atoms with Gasteiger partial charge in [-0.3, -0.25) is 4.79 Å². The van der Waals surface area contributed by atoms with Gasteiger partial charge in [-0.25, -0.2) is 10.2 Å². The van der Waals surface area contributed by atoms with Crippen molar-refractivity contribution in [2.75, 3.05) is 13.2 Å². The van der Waals surface area contributed by atoms with Crippen LogP contribution in [0.1, 0.15) is 33.2 Å². The average Bonchev–Trinajstić information content (AvgIpc) is 2.85. The highest BCUT2D eigenvalue weighted by Gasteiger charge is 2.13. The highest BCUT2D eigenvalue weighted by Crippen LogP contribution is 2.29. The Labute approximate surface area is 192 Å². The molecular weight excluding hydrogens is 420 g/mol. The van der Waals surface area contributed by atoms with Crippen molar-refractivity contribution >= 4 is 18.1 Å². The number of amides is 1. The minimum absolute atomic E-state index is 0.297. The third-order valence-corrected chi connectivity index (χ3v) is 4.34. The largest absolute Gasteiger partial charge is 0.490 e. The molecule has 0 fully saturated rings. The Morgan fingerprint density at radius 1 is 0.939 bits per heavy atom. The quantitative estimate of drug-likeness (QED) is 0.162. The third-order valence-electron chi connectivity index (χ3n) is 4.34. The fourth-order valence-corrected chi connectivity index (χ4v) is 2.78. The Morgan fingerprint density at radius 2 is 1.70 bits per heavy atom. The van der Waals surface area contributed by atoms with Crippen LogP contribution in [-0.4, -0.2) is 31.3 Å². The van der Waals surface area contributed by atoms with E-state index >= 15 is 0 Å². The smallest absolute Gasteiger partial charge is 0.343 e. The van der Waals surface area contributed by atoms with Crippen LogP contribution in [0.25, 0.3) is 0 Å². The predicted octanol–water partition coefficient (Wildman–Crippen LogP) is 4.63. The van der Waals surface area contributed by atoms with E-state index in [1.54, 1.807) is 72.8 Å². The van der Waals surface area contributed by atoms with Gasteiger partial charge in [-0.15, -0.1) is 0 Å². The Morgan fingerprint density at radius 3 is 2.39 bits per heavy atom. The van der Waals surface area contributed by atoms with Gasteiger partial charge in [0.2, 0.25) is 0 Å². The van der Waals surface area contributed by atoms with Crippen LogP contribution < -0.4 is 19.6 Å². The minimum atomic E-state index is -0.480. The fraction of sp³-hybridized carbons (Fsp3) is 0.115. The Kier molecular flexibility index (Phi) is 8.36. The molecule has 0 bridgehead atoms. The Bertz CT molecular complexity index is 1130. The van der Waals surface area contributed by atoms with E-state index in [1.165, 1.54) is 6.21 Å². The number of hydrogen-bond donors (Lipinski definition) is 1. The standard InChI is InChI=1S/C26H24N2O5/c1-3-16-32-22-13-11-20(12-14-22)25(29)28-27-18-19-10-15-23(24(17-19)31-4-2)33-26(30)21-8-6-5-7-9-21/h3,5-15,17-18H,1,4,16H2,2H3,(H,28,29)/b27-18-. The van der Waals surface area contributed by atoms with E-state index in [0.29, 0.717) is 47.2 Å². The number of hydrazone groups is 1. The lowest BCUT2D eigenvalue weighted by Crippen LogP contribution is -2.17. The first-order chi connectivity index (χ1) is 16.1. The van der Waals surface area contributed by atoms with Gasteiger partial charge in [0.1, 0.15) is 12.4 Å². The van der Waals surface area contributed by atoms with E-state index in [2.05, 4.69) is 17.1 Å². The van der Waals surface area contributed by atoms with Gasteiger partial charge in [0.15, 0.2) is 11.5 Å². The number of benzene rings is 3. The number of rotatable bonds is 10. The highest BCUT2D eigenvalue weighted by molar-refractivity contribution is 5.95. The van der Waals surface area contributed by atoms with Crippen molar-refractivity contribution < 1.29 is 23.8 Å². The summed E-state index contributed by atoms with van der Waals surface area (Å²) in [7, 11) is 0. The number of carbonyl (C=O) groups excluding carboxylic acids is 2. The summed E-state index contributed by atoms with van der Waals surface area (Å²) < 4.78 is 16.5. The molecule has 1 amide bonds. The number of nitrogens with one attached hydrogen (secondary N) is 1. The summed E-state index contributed by atoms with van der Waals surface area (Å²) in [5.74, 6) is 0.496. The summed E-state index contributed by atoms with van der Waals surface area (Å²) in [6.07, 6.45) is 3.12. The third kappa shape index (κ3) is 6.80. The van der Waals surface area contributed by atoms with Crippen molar-refractivity contribution in [1.82, 2.24) is 5.43 Å². The van der Waals surface area contributed by atoms with Gasteiger partial charge in [0, 0.05) is 5.56 Å². The number of hydrogen-bond acceptors (Lipinski definition) is 6. The number of carbonyl (C=O) groups is 2. The maximum absolute atomic E-state index is 12.3. The first-order valence-corrected chi connectivity index (χ1v) is 10.3. The molecule has 168 valence electrons. The summed E-state index contributed by atoms with van der Waals surface area (Å²) in [5.41, 5.74) is 4.02. The second kappa shape index (κ2) is 11.9. The maximum atomic E-state index is 12.3. The number of nitrogens with zero attached hydrogens (tertiary/aromatic N) is 1. The molecule has 7 nitrogen and oxygen atoms in total. The zero-order valence-corrected chi connectivity index (χ0v) is 18.2. The van der Waals surface area contributed by atoms with E-state index < -0.39 is 5.97 Å². The van der Waals surface area contributed by atoms with E-state index in [0.717, 1.165) is 0 Å². The molecule has 3 aromatic rings.